The molecule has 4 heteroatoms. The van der Waals surface area contributed by atoms with Crippen LogP contribution in [0, 0.1) is 6.92 Å². The fraction of sp³-hybridized carbons (Fsp3) is 0.0435. The van der Waals surface area contributed by atoms with Crippen LogP contribution < -0.4 is 0 Å². The monoisotopic (exact) mass is 369 g/mol. The van der Waals surface area contributed by atoms with E-state index in [2.05, 4.69) is 30.2 Å². The number of aromatic nitrogens is 3. The Morgan fingerprint density at radius 2 is 1.59 bits per heavy atom. The van der Waals surface area contributed by atoms with Gasteiger partial charge in [-0.1, -0.05) is 54.1 Å². The zero-order chi connectivity index (χ0) is 18.4. The summed E-state index contributed by atoms with van der Waals surface area (Å²) in [7, 11) is 0. The van der Waals surface area contributed by atoms with Crippen molar-refractivity contribution in [3.05, 3.63) is 89.7 Å². The number of nitrogens with zero attached hydrogens (tertiary/aromatic N) is 3. The maximum absolute atomic E-state index is 6.35. The average Bonchev–Trinajstić information content (AvgIpc) is 3.18. The molecule has 0 fully saturated rings. The highest BCUT2D eigenvalue weighted by atomic mass is 35.5. The van der Waals surface area contributed by atoms with Crippen LogP contribution in [0.3, 0.4) is 0 Å². The summed E-state index contributed by atoms with van der Waals surface area (Å²) in [4.78, 5) is 4.82. The van der Waals surface area contributed by atoms with Crippen LogP contribution in [-0.4, -0.2) is 14.8 Å². The van der Waals surface area contributed by atoms with E-state index in [1.54, 1.807) is 0 Å². The zero-order valence-electron chi connectivity index (χ0n) is 14.7. The number of halogens is 1. The van der Waals surface area contributed by atoms with Crippen LogP contribution in [0.4, 0.5) is 0 Å². The smallest absolute Gasteiger partial charge is 0.0744 e. The Hall–Kier alpha value is -3.17. The molecular formula is C23H16ClN3. The van der Waals surface area contributed by atoms with E-state index in [9.17, 15) is 0 Å². The van der Waals surface area contributed by atoms with Gasteiger partial charge in [0.2, 0.25) is 0 Å². The van der Waals surface area contributed by atoms with E-state index in [1.807, 2.05) is 65.6 Å². The largest absolute Gasteiger partial charge is 0.248 e. The lowest BCUT2D eigenvalue weighted by Gasteiger charge is -2.08. The van der Waals surface area contributed by atoms with Crippen molar-refractivity contribution in [2.45, 2.75) is 6.92 Å². The molecule has 0 N–H and O–H groups in total. The lowest BCUT2D eigenvalue weighted by atomic mass is 10.1. The molecule has 130 valence electrons. The van der Waals surface area contributed by atoms with Gasteiger partial charge in [-0.05, 0) is 36.8 Å². The van der Waals surface area contributed by atoms with E-state index in [0.29, 0.717) is 0 Å². The maximum Gasteiger partial charge on any atom is 0.0744 e. The van der Waals surface area contributed by atoms with E-state index in [4.69, 9.17) is 16.6 Å². The van der Waals surface area contributed by atoms with Crippen LogP contribution in [0.15, 0.2) is 79.1 Å². The molecule has 0 aliphatic carbocycles. The van der Waals surface area contributed by atoms with Crippen molar-refractivity contribution >= 4 is 33.3 Å². The number of benzene rings is 3. The highest BCUT2D eigenvalue weighted by Gasteiger charge is 2.10. The third-order valence-electron chi connectivity index (χ3n) is 4.90. The molecule has 0 atom stereocenters. The summed E-state index contributed by atoms with van der Waals surface area (Å²) >= 11 is 6.35. The SMILES string of the molecule is Cc1cc(-c2cnn(-c3ccc(Cl)c4ccccc34)c2)nc2ccccc12. The number of pyridine rings is 1. The van der Waals surface area contributed by atoms with E-state index < -0.39 is 0 Å². The Balaban J connectivity index is 1.65. The van der Waals surface area contributed by atoms with Gasteiger partial charge in [0.15, 0.2) is 0 Å². The summed E-state index contributed by atoms with van der Waals surface area (Å²) in [6.07, 6.45) is 3.88. The lowest BCUT2D eigenvalue weighted by molar-refractivity contribution is 0.888. The lowest BCUT2D eigenvalue weighted by Crippen LogP contribution is -1.95. The van der Waals surface area contributed by atoms with Crippen molar-refractivity contribution in [2.24, 2.45) is 0 Å². The Bertz CT molecular complexity index is 1300. The first-order valence-corrected chi connectivity index (χ1v) is 9.17. The Morgan fingerprint density at radius 3 is 2.44 bits per heavy atom. The molecule has 0 saturated heterocycles. The topological polar surface area (TPSA) is 30.7 Å². The molecule has 2 heterocycles. The molecule has 0 radical (unpaired) electrons. The fourth-order valence-electron chi connectivity index (χ4n) is 3.53. The minimum atomic E-state index is 0.744. The number of rotatable bonds is 2. The third-order valence-corrected chi connectivity index (χ3v) is 5.23. The van der Waals surface area contributed by atoms with Gasteiger partial charge in [0.05, 0.1) is 23.1 Å². The van der Waals surface area contributed by atoms with Gasteiger partial charge in [0.1, 0.15) is 0 Å². The zero-order valence-corrected chi connectivity index (χ0v) is 15.5. The number of para-hydroxylation sites is 1. The van der Waals surface area contributed by atoms with Gasteiger partial charge < -0.3 is 0 Å². The molecule has 3 aromatic carbocycles. The molecule has 3 nitrogen and oxygen atoms in total. The van der Waals surface area contributed by atoms with Gasteiger partial charge in [-0.15, -0.1) is 0 Å². The first kappa shape index (κ1) is 16.0. The third kappa shape index (κ3) is 2.68. The van der Waals surface area contributed by atoms with Crippen LogP contribution in [0.25, 0.3) is 38.6 Å². The molecule has 2 aromatic heterocycles. The first-order valence-electron chi connectivity index (χ1n) is 8.80. The van der Waals surface area contributed by atoms with E-state index in [0.717, 1.165) is 38.3 Å². The van der Waals surface area contributed by atoms with Gasteiger partial charge in [-0.2, -0.15) is 5.10 Å². The summed E-state index contributed by atoms with van der Waals surface area (Å²) in [5.74, 6) is 0. The summed E-state index contributed by atoms with van der Waals surface area (Å²) < 4.78 is 1.89. The van der Waals surface area contributed by atoms with Crippen molar-refractivity contribution in [3.8, 4) is 16.9 Å². The molecule has 5 aromatic rings. The van der Waals surface area contributed by atoms with Gasteiger partial charge in [-0.3, -0.25) is 0 Å². The Morgan fingerprint density at radius 1 is 0.852 bits per heavy atom. The van der Waals surface area contributed by atoms with Crippen molar-refractivity contribution < 1.29 is 0 Å². The van der Waals surface area contributed by atoms with Crippen LogP contribution in [0.2, 0.25) is 5.02 Å². The Labute approximate surface area is 161 Å². The molecule has 0 aliphatic heterocycles. The minimum Gasteiger partial charge on any atom is -0.248 e. The summed E-state index contributed by atoms with van der Waals surface area (Å²) in [6, 6.07) is 22.3. The van der Waals surface area contributed by atoms with Crippen molar-refractivity contribution in [2.75, 3.05) is 0 Å². The predicted molar refractivity (Wildman–Crippen MR) is 112 cm³/mol. The normalized spacial score (nSPS) is 11.3. The van der Waals surface area contributed by atoms with Crippen molar-refractivity contribution in [1.82, 2.24) is 14.8 Å². The number of aryl methyl sites for hydroxylation is 1. The van der Waals surface area contributed by atoms with E-state index in [1.165, 1.54) is 10.9 Å². The summed E-state index contributed by atoms with van der Waals surface area (Å²) in [6.45, 7) is 2.12. The molecule has 0 unspecified atom stereocenters. The molecule has 5 rings (SSSR count). The van der Waals surface area contributed by atoms with Gasteiger partial charge in [0, 0.05) is 32.9 Å². The Kier molecular flexibility index (Phi) is 3.69. The molecule has 0 saturated carbocycles. The maximum atomic E-state index is 6.35. The van der Waals surface area contributed by atoms with Crippen LogP contribution >= 0.6 is 11.6 Å². The van der Waals surface area contributed by atoms with Gasteiger partial charge >= 0.3 is 0 Å². The predicted octanol–water partition coefficient (Wildman–Crippen LogP) is 6.20. The van der Waals surface area contributed by atoms with Gasteiger partial charge in [0.25, 0.3) is 0 Å². The number of hydrogen-bond donors (Lipinski definition) is 0. The summed E-state index contributed by atoms with van der Waals surface area (Å²) in [5.41, 5.74) is 5.12. The second kappa shape index (κ2) is 6.22. The molecule has 0 aliphatic rings. The average molecular weight is 370 g/mol. The summed E-state index contributed by atoms with van der Waals surface area (Å²) in [5, 5.41) is 8.60. The minimum absolute atomic E-state index is 0.744. The van der Waals surface area contributed by atoms with Gasteiger partial charge in [-0.25, -0.2) is 9.67 Å². The fourth-order valence-corrected chi connectivity index (χ4v) is 3.76. The molecule has 27 heavy (non-hydrogen) atoms. The van der Waals surface area contributed by atoms with E-state index >= 15 is 0 Å². The molecular weight excluding hydrogens is 354 g/mol. The quantitative estimate of drug-likeness (QED) is 0.370. The van der Waals surface area contributed by atoms with Crippen LogP contribution in [-0.2, 0) is 0 Å². The van der Waals surface area contributed by atoms with E-state index in [-0.39, 0.29) is 0 Å². The molecule has 0 spiro atoms. The molecule has 0 bridgehead atoms. The van der Waals surface area contributed by atoms with Crippen LogP contribution in [0.1, 0.15) is 5.56 Å². The molecule has 0 amide bonds. The highest BCUT2D eigenvalue weighted by molar-refractivity contribution is 6.35. The van der Waals surface area contributed by atoms with Crippen molar-refractivity contribution in [3.63, 3.8) is 0 Å². The first-order chi connectivity index (χ1) is 13.2. The van der Waals surface area contributed by atoms with Crippen molar-refractivity contribution in [1.29, 1.82) is 0 Å². The van der Waals surface area contributed by atoms with Crippen LogP contribution in [0.5, 0.6) is 0 Å². The second-order valence-corrected chi connectivity index (χ2v) is 7.03. The number of fused-ring (bicyclic) bond motifs is 2. The highest BCUT2D eigenvalue weighted by Crippen LogP contribution is 2.30. The number of hydrogen-bond acceptors (Lipinski definition) is 2. The second-order valence-electron chi connectivity index (χ2n) is 6.63. The standard InChI is InChI=1S/C23H16ClN3/c1-15-12-22(26-21-9-5-4-6-17(15)21)16-13-25-27(14-16)23-11-10-20(24)18-7-2-3-8-19(18)23/h2-14H,1H3.